The molecule has 1 aliphatic rings. The van der Waals surface area contributed by atoms with E-state index in [1.54, 1.807) is 0 Å². The van der Waals surface area contributed by atoms with Crippen LogP contribution in [0.4, 0.5) is 0 Å². The monoisotopic (exact) mass is 167 g/mol. The standard InChI is InChI=1S/C11H21N/c1-10-5-4-7-12-8-6-11(2,3)9-10/h7,10H,4-6,8-9H2,1-3H3. The number of aliphatic imine (C=N–C) groups is 1. The smallest absolute Gasteiger partial charge is 0.0390 e. The maximum atomic E-state index is 4.40. The molecule has 70 valence electrons. The lowest BCUT2D eigenvalue weighted by molar-refractivity contribution is 0.258. The summed E-state index contributed by atoms with van der Waals surface area (Å²) in [5.74, 6) is 0.865. The molecule has 1 unspecified atom stereocenters. The Bertz CT molecular complexity index is 158. The highest BCUT2D eigenvalue weighted by Gasteiger charge is 2.20. The van der Waals surface area contributed by atoms with Crippen molar-refractivity contribution in [3.8, 4) is 0 Å². The Kier molecular flexibility index (Phi) is 3.30. The second-order valence-electron chi connectivity index (χ2n) is 4.89. The van der Waals surface area contributed by atoms with Crippen molar-refractivity contribution in [2.24, 2.45) is 16.3 Å². The Labute approximate surface area is 76.3 Å². The summed E-state index contributed by atoms with van der Waals surface area (Å²) in [7, 11) is 0. The van der Waals surface area contributed by atoms with Gasteiger partial charge >= 0.3 is 0 Å². The molecule has 0 saturated heterocycles. The topological polar surface area (TPSA) is 12.4 Å². The van der Waals surface area contributed by atoms with Crippen molar-refractivity contribution in [1.29, 1.82) is 0 Å². The number of nitrogens with zero attached hydrogens (tertiary/aromatic N) is 1. The summed E-state index contributed by atoms with van der Waals surface area (Å²) >= 11 is 0. The molecule has 0 aromatic rings. The Morgan fingerprint density at radius 1 is 1.42 bits per heavy atom. The third-order valence-electron chi connectivity index (χ3n) is 2.74. The molecular formula is C11H21N. The van der Waals surface area contributed by atoms with Gasteiger partial charge in [-0.1, -0.05) is 20.8 Å². The molecule has 1 rings (SSSR count). The van der Waals surface area contributed by atoms with Crippen molar-refractivity contribution in [3.05, 3.63) is 0 Å². The van der Waals surface area contributed by atoms with Gasteiger partial charge in [-0.2, -0.15) is 0 Å². The molecule has 0 aromatic heterocycles. The van der Waals surface area contributed by atoms with Crippen LogP contribution in [0.2, 0.25) is 0 Å². The van der Waals surface area contributed by atoms with Crippen molar-refractivity contribution >= 4 is 6.21 Å². The maximum Gasteiger partial charge on any atom is 0.0390 e. The second-order valence-corrected chi connectivity index (χ2v) is 4.89. The third kappa shape index (κ3) is 3.38. The fourth-order valence-corrected chi connectivity index (χ4v) is 2.06. The Balaban J connectivity index is 2.52. The Morgan fingerprint density at radius 2 is 2.17 bits per heavy atom. The van der Waals surface area contributed by atoms with E-state index in [-0.39, 0.29) is 0 Å². The first-order valence-electron chi connectivity index (χ1n) is 5.08. The molecular weight excluding hydrogens is 146 g/mol. The van der Waals surface area contributed by atoms with Gasteiger partial charge in [0.25, 0.3) is 0 Å². The molecule has 0 saturated carbocycles. The van der Waals surface area contributed by atoms with Crippen LogP contribution in [0.3, 0.4) is 0 Å². The molecule has 0 bridgehead atoms. The highest BCUT2D eigenvalue weighted by Crippen LogP contribution is 2.31. The molecule has 0 aromatic carbocycles. The van der Waals surface area contributed by atoms with Crippen LogP contribution in [0, 0.1) is 11.3 Å². The maximum absolute atomic E-state index is 4.40. The van der Waals surface area contributed by atoms with Crippen molar-refractivity contribution in [1.82, 2.24) is 0 Å². The average Bonchev–Trinajstić information content (AvgIpc) is 1.99. The molecule has 1 heteroatoms. The fraction of sp³-hybridized carbons (Fsp3) is 0.909. The summed E-state index contributed by atoms with van der Waals surface area (Å²) in [5, 5.41) is 0. The van der Waals surface area contributed by atoms with Crippen LogP contribution >= 0.6 is 0 Å². The van der Waals surface area contributed by atoms with E-state index in [1.807, 2.05) is 0 Å². The molecule has 1 atom stereocenters. The van der Waals surface area contributed by atoms with Crippen LogP contribution in [0.15, 0.2) is 4.99 Å². The van der Waals surface area contributed by atoms with Gasteiger partial charge in [0.05, 0.1) is 0 Å². The molecule has 0 spiro atoms. The summed E-state index contributed by atoms with van der Waals surface area (Å²) in [6.07, 6.45) is 7.20. The minimum Gasteiger partial charge on any atom is -0.298 e. The van der Waals surface area contributed by atoms with Gasteiger partial charge in [0.2, 0.25) is 0 Å². The Morgan fingerprint density at radius 3 is 2.92 bits per heavy atom. The van der Waals surface area contributed by atoms with Crippen LogP contribution in [0.1, 0.15) is 46.5 Å². The minimum absolute atomic E-state index is 0.501. The molecule has 1 nitrogen and oxygen atoms in total. The molecule has 0 N–H and O–H groups in total. The molecule has 0 amide bonds. The summed E-state index contributed by atoms with van der Waals surface area (Å²) < 4.78 is 0. The quantitative estimate of drug-likeness (QED) is 0.525. The molecule has 0 aliphatic carbocycles. The number of rotatable bonds is 0. The van der Waals surface area contributed by atoms with Gasteiger partial charge in [0, 0.05) is 6.54 Å². The average molecular weight is 167 g/mol. The summed E-state index contributed by atoms with van der Waals surface area (Å²) in [6.45, 7) is 8.12. The summed E-state index contributed by atoms with van der Waals surface area (Å²) in [6, 6.07) is 0. The van der Waals surface area contributed by atoms with E-state index in [2.05, 4.69) is 32.0 Å². The zero-order valence-corrected chi connectivity index (χ0v) is 8.64. The van der Waals surface area contributed by atoms with Crippen LogP contribution in [0.25, 0.3) is 0 Å². The largest absolute Gasteiger partial charge is 0.298 e. The van der Waals surface area contributed by atoms with E-state index in [0.717, 1.165) is 12.5 Å². The molecule has 12 heavy (non-hydrogen) atoms. The predicted molar refractivity (Wildman–Crippen MR) is 54.8 cm³/mol. The van der Waals surface area contributed by atoms with Crippen LogP contribution in [-0.4, -0.2) is 12.8 Å². The van der Waals surface area contributed by atoms with Crippen molar-refractivity contribution in [3.63, 3.8) is 0 Å². The van der Waals surface area contributed by atoms with Gasteiger partial charge in [-0.15, -0.1) is 0 Å². The van der Waals surface area contributed by atoms with E-state index in [1.165, 1.54) is 25.7 Å². The van der Waals surface area contributed by atoms with Gasteiger partial charge in [-0.05, 0) is 43.2 Å². The highest BCUT2D eigenvalue weighted by atomic mass is 14.7. The van der Waals surface area contributed by atoms with E-state index in [4.69, 9.17) is 0 Å². The van der Waals surface area contributed by atoms with Crippen LogP contribution < -0.4 is 0 Å². The van der Waals surface area contributed by atoms with Gasteiger partial charge in [0.15, 0.2) is 0 Å². The van der Waals surface area contributed by atoms with Crippen molar-refractivity contribution in [2.45, 2.75) is 46.5 Å². The van der Waals surface area contributed by atoms with Gasteiger partial charge in [-0.25, -0.2) is 0 Å². The number of hydrogen-bond donors (Lipinski definition) is 0. The highest BCUT2D eigenvalue weighted by molar-refractivity contribution is 5.57. The second kappa shape index (κ2) is 4.06. The zero-order chi connectivity index (χ0) is 9.03. The van der Waals surface area contributed by atoms with Crippen LogP contribution in [-0.2, 0) is 0 Å². The van der Waals surface area contributed by atoms with E-state index in [0.29, 0.717) is 5.41 Å². The molecule has 0 fully saturated rings. The lowest BCUT2D eigenvalue weighted by Crippen LogP contribution is -2.16. The lowest BCUT2D eigenvalue weighted by atomic mass is 9.80. The molecule has 0 radical (unpaired) electrons. The SMILES string of the molecule is CC1CCC=NCCC(C)(C)C1. The van der Waals surface area contributed by atoms with Crippen molar-refractivity contribution < 1.29 is 0 Å². The molecule has 1 heterocycles. The van der Waals surface area contributed by atoms with Crippen molar-refractivity contribution in [2.75, 3.05) is 6.54 Å². The van der Waals surface area contributed by atoms with Gasteiger partial charge < -0.3 is 0 Å². The summed E-state index contributed by atoms with van der Waals surface area (Å²) in [4.78, 5) is 4.40. The first-order valence-corrected chi connectivity index (χ1v) is 5.08. The third-order valence-corrected chi connectivity index (χ3v) is 2.74. The van der Waals surface area contributed by atoms with Gasteiger partial charge in [0.1, 0.15) is 0 Å². The minimum atomic E-state index is 0.501. The molecule has 1 aliphatic heterocycles. The van der Waals surface area contributed by atoms with E-state index < -0.39 is 0 Å². The van der Waals surface area contributed by atoms with E-state index >= 15 is 0 Å². The predicted octanol–water partition coefficient (Wildman–Crippen LogP) is 3.29. The van der Waals surface area contributed by atoms with E-state index in [9.17, 15) is 0 Å². The first kappa shape index (κ1) is 9.76. The zero-order valence-electron chi connectivity index (χ0n) is 8.64. The summed E-state index contributed by atoms with van der Waals surface area (Å²) in [5.41, 5.74) is 0.501. The Hall–Kier alpha value is -0.330. The number of hydrogen-bond acceptors (Lipinski definition) is 1. The first-order chi connectivity index (χ1) is 5.60. The fourth-order valence-electron chi connectivity index (χ4n) is 2.06. The lowest BCUT2D eigenvalue weighted by Gasteiger charge is -2.26. The normalized spacial score (nSPS) is 30.4. The van der Waals surface area contributed by atoms with Gasteiger partial charge in [-0.3, -0.25) is 4.99 Å². The van der Waals surface area contributed by atoms with Crippen LogP contribution in [0.5, 0.6) is 0 Å².